The minimum absolute atomic E-state index is 0.317. The molecule has 0 aromatic heterocycles. The van der Waals surface area contributed by atoms with E-state index in [0.29, 0.717) is 17.9 Å². The average molecular weight is 341 g/mol. The molecule has 1 aliphatic heterocycles. The summed E-state index contributed by atoms with van der Waals surface area (Å²) in [4.78, 5) is 4.38. The maximum absolute atomic E-state index is 9.62. The van der Waals surface area contributed by atoms with Crippen LogP contribution in [0.3, 0.4) is 0 Å². The Balaban J connectivity index is 1.90. The van der Waals surface area contributed by atoms with E-state index in [1.165, 1.54) is 0 Å². The molecule has 1 unspecified atom stereocenters. The van der Waals surface area contributed by atoms with E-state index in [1.54, 1.807) is 0 Å². The van der Waals surface area contributed by atoms with Gasteiger partial charge in [0.2, 0.25) is 0 Å². The third-order valence-corrected chi connectivity index (χ3v) is 4.55. The molecule has 0 saturated carbocycles. The van der Waals surface area contributed by atoms with E-state index in [0.717, 1.165) is 22.6 Å². The van der Waals surface area contributed by atoms with Crippen LogP contribution in [0.4, 0.5) is 0 Å². The zero-order chi connectivity index (χ0) is 18.5. The van der Waals surface area contributed by atoms with Crippen LogP contribution in [-0.2, 0) is 6.61 Å². The van der Waals surface area contributed by atoms with Crippen molar-refractivity contribution in [1.29, 1.82) is 10.5 Å². The van der Waals surface area contributed by atoms with Crippen LogP contribution in [0.1, 0.15) is 30.9 Å². The Kier molecular flexibility index (Phi) is 5.15. The van der Waals surface area contributed by atoms with Gasteiger partial charge < -0.3 is 4.74 Å². The smallest absolute Gasteiger partial charge is 0.120 e. The van der Waals surface area contributed by atoms with E-state index < -0.39 is 5.92 Å². The molecule has 3 rings (SSSR count). The summed E-state index contributed by atoms with van der Waals surface area (Å²) in [6, 6.07) is 22.1. The lowest BCUT2D eigenvalue weighted by atomic mass is 9.77. The lowest BCUT2D eigenvalue weighted by Gasteiger charge is -2.27. The van der Waals surface area contributed by atoms with Crippen LogP contribution in [-0.4, -0.2) is 5.71 Å². The van der Waals surface area contributed by atoms with Gasteiger partial charge in [-0.25, -0.2) is 0 Å². The van der Waals surface area contributed by atoms with E-state index in [9.17, 15) is 10.5 Å². The summed E-state index contributed by atoms with van der Waals surface area (Å²) in [6.07, 6.45) is 0. The highest BCUT2D eigenvalue weighted by atomic mass is 16.5. The van der Waals surface area contributed by atoms with Crippen LogP contribution >= 0.6 is 0 Å². The molecule has 2 aromatic rings. The van der Waals surface area contributed by atoms with Crippen molar-refractivity contribution in [3.05, 3.63) is 77.0 Å². The standard InChI is InChI=1S/C22H19N3O/c1-15-20(12-23)22(21(13-24)16(2)25-15)18-9-6-10-19(11-18)26-14-17-7-4-3-5-8-17/h3-11,20,22H,14H2,1-2H3/t20?,22-/m0/s1. The molecule has 0 aliphatic carbocycles. The van der Waals surface area contributed by atoms with Crippen molar-refractivity contribution in [1.82, 2.24) is 0 Å². The minimum Gasteiger partial charge on any atom is -0.489 e. The van der Waals surface area contributed by atoms with Gasteiger partial charge in [-0.3, -0.25) is 4.99 Å². The number of allylic oxidation sites excluding steroid dienone is 2. The zero-order valence-corrected chi connectivity index (χ0v) is 14.8. The van der Waals surface area contributed by atoms with Gasteiger partial charge in [0.15, 0.2) is 0 Å². The van der Waals surface area contributed by atoms with E-state index in [2.05, 4.69) is 17.1 Å². The number of hydrogen-bond acceptors (Lipinski definition) is 4. The van der Waals surface area contributed by atoms with Gasteiger partial charge in [0.25, 0.3) is 0 Å². The second-order valence-corrected chi connectivity index (χ2v) is 6.30. The predicted octanol–water partition coefficient (Wildman–Crippen LogP) is 4.76. The highest BCUT2D eigenvalue weighted by Crippen LogP contribution is 2.39. The van der Waals surface area contributed by atoms with Crippen LogP contribution in [0.5, 0.6) is 5.75 Å². The van der Waals surface area contributed by atoms with Crippen molar-refractivity contribution in [2.45, 2.75) is 26.4 Å². The maximum atomic E-state index is 9.62. The highest BCUT2D eigenvalue weighted by Gasteiger charge is 2.33. The predicted molar refractivity (Wildman–Crippen MR) is 100 cm³/mol. The summed E-state index contributed by atoms with van der Waals surface area (Å²) < 4.78 is 5.90. The number of ether oxygens (including phenoxy) is 1. The quantitative estimate of drug-likeness (QED) is 0.805. The summed E-state index contributed by atoms with van der Waals surface area (Å²) in [5.41, 5.74) is 3.94. The van der Waals surface area contributed by atoms with Gasteiger partial charge in [-0.15, -0.1) is 0 Å². The Labute approximate surface area is 153 Å². The van der Waals surface area contributed by atoms with Crippen molar-refractivity contribution in [3.63, 3.8) is 0 Å². The fourth-order valence-electron chi connectivity index (χ4n) is 3.24. The van der Waals surface area contributed by atoms with Crippen molar-refractivity contribution >= 4 is 5.71 Å². The highest BCUT2D eigenvalue weighted by molar-refractivity contribution is 5.90. The van der Waals surface area contributed by atoms with Crippen LogP contribution < -0.4 is 4.74 Å². The summed E-state index contributed by atoms with van der Waals surface area (Å²) in [5.74, 6) is -0.0429. The van der Waals surface area contributed by atoms with Gasteiger partial charge in [0, 0.05) is 11.6 Å². The lowest BCUT2D eigenvalue weighted by molar-refractivity contribution is 0.306. The number of nitrogens with zero attached hydrogens (tertiary/aromatic N) is 3. The van der Waals surface area contributed by atoms with Crippen molar-refractivity contribution in [3.8, 4) is 17.9 Å². The molecule has 0 saturated heterocycles. The first-order valence-corrected chi connectivity index (χ1v) is 8.46. The van der Waals surface area contributed by atoms with Gasteiger partial charge in [0.1, 0.15) is 12.4 Å². The molecule has 1 heterocycles. The molecular formula is C22H19N3O. The van der Waals surface area contributed by atoms with Gasteiger partial charge >= 0.3 is 0 Å². The second kappa shape index (κ2) is 7.68. The van der Waals surface area contributed by atoms with Gasteiger partial charge in [0.05, 0.1) is 29.3 Å². The van der Waals surface area contributed by atoms with E-state index in [1.807, 2.05) is 68.4 Å². The monoisotopic (exact) mass is 341 g/mol. The average Bonchev–Trinajstić information content (AvgIpc) is 2.67. The SMILES string of the molecule is CC1=NC(C)=C(C#N)[C@@H](c2cccc(OCc3ccccc3)c2)C1C#N. The van der Waals surface area contributed by atoms with Gasteiger partial charge in [-0.1, -0.05) is 42.5 Å². The Morgan fingerprint density at radius 3 is 2.50 bits per heavy atom. The number of aliphatic imine (C=N–C) groups is 1. The molecule has 0 bridgehead atoms. The second-order valence-electron chi connectivity index (χ2n) is 6.30. The molecule has 2 aromatic carbocycles. The molecule has 1 aliphatic rings. The molecule has 0 spiro atoms. The molecule has 128 valence electrons. The number of benzene rings is 2. The molecule has 0 amide bonds. The molecule has 0 N–H and O–H groups in total. The van der Waals surface area contributed by atoms with Crippen molar-refractivity contribution < 1.29 is 4.74 Å². The first kappa shape index (κ1) is 17.5. The molecule has 2 atom stereocenters. The molecule has 0 fully saturated rings. The lowest BCUT2D eigenvalue weighted by Crippen LogP contribution is -2.24. The Bertz CT molecular complexity index is 945. The fraction of sp³-hybridized carbons (Fsp3) is 0.227. The van der Waals surface area contributed by atoms with Crippen molar-refractivity contribution in [2.75, 3.05) is 0 Å². The Morgan fingerprint density at radius 2 is 1.81 bits per heavy atom. The van der Waals surface area contributed by atoms with Gasteiger partial charge in [-0.2, -0.15) is 10.5 Å². The summed E-state index contributed by atoms with van der Waals surface area (Å²) >= 11 is 0. The zero-order valence-electron chi connectivity index (χ0n) is 14.8. The van der Waals surface area contributed by atoms with Crippen LogP contribution in [0.25, 0.3) is 0 Å². The van der Waals surface area contributed by atoms with Crippen LogP contribution in [0.2, 0.25) is 0 Å². The number of nitriles is 2. The van der Waals surface area contributed by atoms with E-state index >= 15 is 0 Å². The van der Waals surface area contributed by atoms with Crippen LogP contribution in [0.15, 0.2) is 70.9 Å². The van der Waals surface area contributed by atoms with Crippen molar-refractivity contribution in [2.24, 2.45) is 10.9 Å². The molecule has 4 heteroatoms. The maximum Gasteiger partial charge on any atom is 0.120 e. The third-order valence-electron chi connectivity index (χ3n) is 4.55. The number of rotatable bonds is 4. The summed E-state index contributed by atoms with van der Waals surface area (Å²) in [7, 11) is 0. The Morgan fingerprint density at radius 1 is 1.04 bits per heavy atom. The first-order valence-electron chi connectivity index (χ1n) is 8.46. The van der Waals surface area contributed by atoms with E-state index in [-0.39, 0.29) is 5.92 Å². The largest absolute Gasteiger partial charge is 0.489 e. The fourth-order valence-corrected chi connectivity index (χ4v) is 3.24. The summed E-state index contributed by atoms with van der Waals surface area (Å²) in [5, 5.41) is 19.2. The molecule has 26 heavy (non-hydrogen) atoms. The Hall–Kier alpha value is -3.37. The third kappa shape index (κ3) is 3.50. The topological polar surface area (TPSA) is 69.2 Å². The number of hydrogen-bond donors (Lipinski definition) is 0. The van der Waals surface area contributed by atoms with E-state index in [4.69, 9.17) is 4.74 Å². The first-order chi connectivity index (χ1) is 12.6. The normalized spacial score (nSPS) is 19.3. The summed E-state index contributed by atoms with van der Waals surface area (Å²) in [6.45, 7) is 4.13. The van der Waals surface area contributed by atoms with Crippen LogP contribution in [0, 0.1) is 28.6 Å². The van der Waals surface area contributed by atoms with Gasteiger partial charge in [-0.05, 0) is 37.1 Å². The molecule has 0 radical (unpaired) electrons. The molecular weight excluding hydrogens is 322 g/mol. The minimum atomic E-state index is -0.447. The molecule has 4 nitrogen and oxygen atoms in total.